The number of hydrogen-bond donors (Lipinski definition) is 0. The monoisotopic (exact) mass is 481 g/mol. The third-order valence-electron chi connectivity index (χ3n) is 5.76. The maximum absolute atomic E-state index is 13.2. The molecule has 0 bridgehead atoms. The quantitative estimate of drug-likeness (QED) is 0.320. The van der Waals surface area contributed by atoms with E-state index in [9.17, 15) is 9.59 Å². The predicted molar refractivity (Wildman–Crippen MR) is 128 cm³/mol. The Kier molecular flexibility index (Phi) is 5.03. The van der Waals surface area contributed by atoms with E-state index in [1.807, 2.05) is 35.9 Å². The Morgan fingerprint density at radius 3 is 2.48 bits per heavy atom. The number of ether oxygens (including phenoxy) is 1. The minimum absolute atomic E-state index is 0.0904. The lowest BCUT2D eigenvalue weighted by Gasteiger charge is -2.09. The SMILES string of the molecule is COC(=O)c1cc(-c2ccc3c(c2)c2cc(-c4ccc(Cl)cc4Cl)c(=O)n(C)c2n3C)on1. The fourth-order valence-electron chi connectivity index (χ4n) is 4.16. The number of rotatable bonds is 3. The number of halogens is 2. The van der Waals surface area contributed by atoms with Gasteiger partial charge in [0.05, 0.1) is 17.6 Å². The first kappa shape index (κ1) is 21.3. The molecule has 166 valence electrons. The van der Waals surface area contributed by atoms with Crippen molar-refractivity contribution in [2.24, 2.45) is 14.1 Å². The fraction of sp³-hybridized carbons (Fsp3) is 0.125. The van der Waals surface area contributed by atoms with E-state index in [0.717, 1.165) is 27.5 Å². The third kappa shape index (κ3) is 3.32. The zero-order valence-electron chi connectivity index (χ0n) is 17.8. The Labute approximate surface area is 197 Å². The molecule has 9 heteroatoms. The Morgan fingerprint density at radius 1 is 0.970 bits per heavy atom. The second-order valence-electron chi connectivity index (χ2n) is 7.64. The van der Waals surface area contributed by atoms with Crippen molar-refractivity contribution in [1.29, 1.82) is 0 Å². The van der Waals surface area contributed by atoms with Crippen molar-refractivity contribution < 1.29 is 14.1 Å². The topological polar surface area (TPSA) is 79.3 Å². The molecule has 0 saturated carbocycles. The van der Waals surface area contributed by atoms with Gasteiger partial charge in [0, 0.05) is 52.6 Å². The number of fused-ring (bicyclic) bond motifs is 3. The minimum Gasteiger partial charge on any atom is -0.464 e. The van der Waals surface area contributed by atoms with Crippen LogP contribution in [0.2, 0.25) is 10.0 Å². The molecule has 2 aromatic carbocycles. The van der Waals surface area contributed by atoms with Crippen LogP contribution in [-0.2, 0) is 18.8 Å². The van der Waals surface area contributed by atoms with Crippen LogP contribution < -0.4 is 5.56 Å². The van der Waals surface area contributed by atoms with Crippen LogP contribution in [0.1, 0.15) is 10.5 Å². The summed E-state index contributed by atoms with van der Waals surface area (Å²) in [4.78, 5) is 25.0. The van der Waals surface area contributed by atoms with E-state index in [2.05, 4.69) is 5.16 Å². The van der Waals surface area contributed by atoms with Crippen LogP contribution in [0, 0.1) is 0 Å². The highest BCUT2D eigenvalue weighted by molar-refractivity contribution is 6.36. The summed E-state index contributed by atoms with van der Waals surface area (Å²) >= 11 is 12.5. The van der Waals surface area contributed by atoms with Crippen molar-refractivity contribution in [2.75, 3.05) is 7.11 Å². The van der Waals surface area contributed by atoms with Gasteiger partial charge in [-0.1, -0.05) is 34.4 Å². The van der Waals surface area contributed by atoms with Crippen LogP contribution in [0.4, 0.5) is 0 Å². The summed E-state index contributed by atoms with van der Waals surface area (Å²) in [7, 11) is 4.92. The molecule has 0 fully saturated rings. The van der Waals surface area contributed by atoms with Gasteiger partial charge >= 0.3 is 5.97 Å². The molecule has 0 saturated heterocycles. The van der Waals surface area contributed by atoms with Gasteiger partial charge in [-0.15, -0.1) is 0 Å². The van der Waals surface area contributed by atoms with Crippen molar-refractivity contribution in [3.05, 3.63) is 74.6 Å². The summed E-state index contributed by atoms with van der Waals surface area (Å²) in [6.07, 6.45) is 0. The highest BCUT2D eigenvalue weighted by atomic mass is 35.5. The maximum atomic E-state index is 13.2. The highest BCUT2D eigenvalue weighted by Crippen LogP contribution is 2.35. The lowest BCUT2D eigenvalue weighted by atomic mass is 10.0. The molecule has 0 atom stereocenters. The van der Waals surface area contributed by atoms with Gasteiger partial charge in [-0.2, -0.15) is 0 Å². The first-order valence-corrected chi connectivity index (χ1v) is 10.7. The van der Waals surface area contributed by atoms with E-state index < -0.39 is 5.97 Å². The van der Waals surface area contributed by atoms with Crippen LogP contribution in [0.15, 0.2) is 57.8 Å². The van der Waals surface area contributed by atoms with Gasteiger partial charge in [0.25, 0.3) is 5.56 Å². The van der Waals surface area contributed by atoms with E-state index in [1.165, 1.54) is 13.2 Å². The van der Waals surface area contributed by atoms with E-state index in [4.69, 9.17) is 32.5 Å². The molecule has 3 heterocycles. The Balaban J connectivity index is 1.77. The molecular formula is C24H17Cl2N3O4. The van der Waals surface area contributed by atoms with Crippen molar-refractivity contribution in [1.82, 2.24) is 14.3 Å². The molecule has 0 N–H and O–H groups in total. The lowest BCUT2D eigenvalue weighted by Crippen LogP contribution is -2.20. The second kappa shape index (κ2) is 7.79. The van der Waals surface area contributed by atoms with Crippen molar-refractivity contribution in [2.45, 2.75) is 0 Å². The molecule has 0 spiro atoms. The molecule has 5 aromatic rings. The number of methoxy groups -OCH3 is 1. The van der Waals surface area contributed by atoms with E-state index in [-0.39, 0.29) is 11.3 Å². The molecule has 5 rings (SSSR count). The summed E-state index contributed by atoms with van der Waals surface area (Å²) in [5.41, 5.74) is 3.41. The molecule has 0 amide bonds. The van der Waals surface area contributed by atoms with Gasteiger partial charge < -0.3 is 13.8 Å². The first-order valence-electron chi connectivity index (χ1n) is 9.93. The zero-order valence-corrected chi connectivity index (χ0v) is 19.4. The molecule has 0 aliphatic carbocycles. The summed E-state index contributed by atoms with van der Waals surface area (Å²) in [6, 6.07) is 14.2. The Bertz CT molecular complexity index is 1650. The van der Waals surface area contributed by atoms with Gasteiger partial charge in [-0.05, 0) is 36.4 Å². The number of aromatic nitrogens is 3. The van der Waals surface area contributed by atoms with Crippen molar-refractivity contribution >= 4 is 51.1 Å². The van der Waals surface area contributed by atoms with E-state index >= 15 is 0 Å². The first-order chi connectivity index (χ1) is 15.8. The molecule has 0 radical (unpaired) electrons. The van der Waals surface area contributed by atoms with Crippen molar-refractivity contribution in [3.8, 4) is 22.5 Å². The van der Waals surface area contributed by atoms with Gasteiger partial charge in [0.15, 0.2) is 11.5 Å². The van der Waals surface area contributed by atoms with E-state index in [0.29, 0.717) is 26.9 Å². The Morgan fingerprint density at radius 2 is 1.76 bits per heavy atom. The molecule has 33 heavy (non-hydrogen) atoms. The highest BCUT2D eigenvalue weighted by Gasteiger charge is 2.19. The molecule has 3 aromatic heterocycles. The zero-order chi connectivity index (χ0) is 23.4. The summed E-state index contributed by atoms with van der Waals surface area (Å²) in [5.74, 6) is -0.143. The number of aryl methyl sites for hydroxylation is 2. The van der Waals surface area contributed by atoms with Crippen LogP contribution in [0.5, 0.6) is 0 Å². The van der Waals surface area contributed by atoms with E-state index in [1.54, 1.807) is 29.8 Å². The molecular weight excluding hydrogens is 465 g/mol. The van der Waals surface area contributed by atoms with Crippen molar-refractivity contribution in [3.63, 3.8) is 0 Å². The predicted octanol–water partition coefficient (Wildman–Crippen LogP) is 5.45. The Hall–Kier alpha value is -3.55. The maximum Gasteiger partial charge on any atom is 0.360 e. The average Bonchev–Trinajstić information content (AvgIpc) is 3.40. The smallest absolute Gasteiger partial charge is 0.360 e. The number of carbonyl (C=O) groups is 1. The average molecular weight is 482 g/mol. The standard InChI is InChI=1S/C24H17Cl2N3O4/c1-28-20-7-4-12(21-11-19(27-33-21)24(31)32-3)8-15(20)16-10-17(23(30)29(2)22(16)28)14-6-5-13(25)9-18(14)26/h4-11H,1-3H3. The molecule has 7 nitrogen and oxygen atoms in total. The summed E-state index contributed by atoms with van der Waals surface area (Å²) < 4.78 is 13.6. The molecule has 0 aliphatic rings. The number of hydrogen-bond acceptors (Lipinski definition) is 5. The lowest BCUT2D eigenvalue weighted by molar-refractivity contribution is 0.0589. The summed E-state index contributed by atoms with van der Waals surface area (Å²) in [5, 5.41) is 6.45. The van der Waals surface area contributed by atoms with Crippen LogP contribution in [0.3, 0.4) is 0 Å². The third-order valence-corrected chi connectivity index (χ3v) is 6.31. The number of benzene rings is 2. The summed E-state index contributed by atoms with van der Waals surface area (Å²) in [6.45, 7) is 0. The van der Waals surface area contributed by atoms with Crippen LogP contribution >= 0.6 is 23.2 Å². The molecule has 0 aliphatic heterocycles. The largest absolute Gasteiger partial charge is 0.464 e. The number of nitrogens with zero attached hydrogens (tertiary/aromatic N) is 3. The van der Waals surface area contributed by atoms with Crippen LogP contribution in [-0.4, -0.2) is 27.4 Å². The van der Waals surface area contributed by atoms with Gasteiger partial charge in [0.1, 0.15) is 5.65 Å². The van der Waals surface area contributed by atoms with Gasteiger partial charge in [-0.25, -0.2) is 4.79 Å². The van der Waals surface area contributed by atoms with Gasteiger partial charge in [0.2, 0.25) is 0 Å². The second-order valence-corrected chi connectivity index (χ2v) is 8.49. The minimum atomic E-state index is -0.573. The van der Waals surface area contributed by atoms with Crippen LogP contribution in [0.25, 0.3) is 44.4 Å². The van der Waals surface area contributed by atoms with Gasteiger partial charge in [-0.3, -0.25) is 9.36 Å². The fourth-order valence-corrected chi connectivity index (χ4v) is 4.67. The number of pyridine rings is 1. The number of esters is 1. The molecule has 0 unspecified atom stereocenters. The number of carbonyl (C=O) groups excluding carboxylic acids is 1. The normalized spacial score (nSPS) is 11.4.